The maximum Gasteiger partial charge on any atom is 0.339 e. The second-order valence-electron chi connectivity index (χ2n) is 6.53. The minimum atomic E-state index is -4.02. The summed E-state index contributed by atoms with van der Waals surface area (Å²) in [5.74, 6) is 0.303. The van der Waals surface area contributed by atoms with Crippen molar-refractivity contribution < 1.29 is 26.9 Å². The molecular weight excluding hydrogens is 468 g/mol. The van der Waals surface area contributed by atoms with Gasteiger partial charge in [-0.1, -0.05) is 29.8 Å². The summed E-state index contributed by atoms with van der Waals surface area (Å²) in [6, 6.07) is 19.0. The minimum Gasteiger partial charge on any atom is -0.490 e. The maximum atomic E-state index is 12.5. The van der Waals surface area contributed by atoms with Crippen LogP contribution in [-0.2, 0) is 14.9 Å². The second-order valence-corrected chi connectivity index (χ2v) is 8.51. The summed E-state index contributed by atoms with van der Waals surface area (Å²) in [4.78, 5) is 11.9. The van der Waals surface area contributed by atoms with Crippen molar-refractivity contribution in [3.63, 3.8) is 0 Å². The van der Waals surface area contributed by atoms with Gasteiger partial charge in [-0.05, 0) is 67.1 Å². The molecule has 0 aliphatic rings. The second kappa shape index (κ2) is 11.3. The molecule has 0 spiro atoms. The molecule has 33 heavy (non-hydrogen) atoms. The third-order valence-corrected chi connectivity index (χ3v) is 5.59. The van der Waals surface area contributed by atoms with Crippen molar-refractivity contribution in [1.82, 2.24) is 5.43 Å². The lowest BCUT2D eigenvalue weighted by Gasteiger charge is -2.12. The standard InChI is InChI=1S/C23H21ClN2O6S/c1-2-30-22-14-17(8-13-21(22)32-33(28,29)20-6-4-3-5-7-20)15-25-26-23(27)16-31-19-11-9-18(24)10-12-19/h3-15H,2,16H2,1H3,(H,26,27)/b25-15-. The van der Waals surface area contributed by atoms with Gasteiger partial charge in [0.05, 0.1) is 12.8 Å². The van der Waals surface area contributed by atoms with Gasteiger partial charge < -0.3 is 13.7 Å². The molecule has 3 aromatic carbocycles. The molecule has 0 heterocycles. The van der Waals surface area contributed by atoms with Gasteiger partial charge in [0, 0.05) is 5.02 Å². The number of carbonyl (C=O) groups excluding carboxylic acids is 1. The first kappa shape index (κ1) is 24.1. The van der Waals surface area contributed by atoms with Gasteiger partial charge in [-0.3, -0.25) is 4.79 Å². The van der Waals surface area contributed by atoms with Crippen LogP contribution in [-0.4, -0.2) is 33.8 Å². The molecule has 172 valence electrons. The van der Waals surface area contributed by atoms with E-state index in [-0.39, 0.29) is 23.0 Å². The van der Waals surface area contributed by atoms with E-state index in [9.17, 15) is 13.2 Å². The maximum absolute atomic E-state index is 12.5. The number of hydrogen-bond acceptors (Lipinski definition) is 7. The largest absolute Gasteiger partial charge is 0.490 e. The zero-order valence-corrected chi connectivity index (χ0v) is 19.2. The normalized spacial score (nSPS) is 11.2. The summed E-state index contributed by atoms with van der Waals surface area (Å²) in [5.41, 5.74) is 2.91. The van der Waals surface area contributed by atoms with E-state index in [0.29, 0.717) is 22.9 Å². The van der Waals surface area contributed by atoms with Gasteiger partial charge in [-0.15, -0.1) is 0 Å². The number of nitrogens with one attached hydrogen (secondary N) is 1. The van der Waals surface area contributed by atoms with Gasteiger partial charge in [0.1, 0.15) is 10.6 Å². The first-order valence-electron chi connectivity index (χ1n) is 9.84. The number of ether oxygens (including phenoxy) is 2. The van der Waals surface area contributed by atoms with Crippen LogP contribution >= 0.6 is 11.6 Å². The number of hydrogen-bond donors (Lipinski definition) is 1. The Hall–Kier alpha value is -3.56. The number of rotatable bonds is 10. The molecule has 0 aliphatic carbocycles. The summed E-state index contributed by atoms with van der Waals surface area (Å²) in [6.45, 7) is 1.82. The fourth-order valence-corrected chi connectivity index (χ4v) is 3.67. The molecule has 0 atom stereocenters. The number of halogens is 1. The van der Waals surface area contributed by atoms with E-state index in [1.165, 1.54) is 24.4 Å². The number of carbonyl (C=O) groups is 1. The lowest BCUT2D eigenvalue weighted by Crippen LogP contribution is -2.24. The summed E-state index contributed by atoms with van der Waals surface area (Å²) in [6.07, 6.45) is 1.39. The Morgan fingerprint density at radius 2 is 1.73 bits per heavy atom. The molecule has 0 fully saturated rings. The van der Waals surface area contributed by atoms with Gasteiger partial charge in [-0.2, -0.15) is 13.5 Å². The van der Waals surface area contributed by atoms with Crippen LogP contribution in [0.2, 0.25) is 5.02 Å². The Morgan fingerprint density at radius 3 is 2.42 bits per heavy atom. The fourth-order valence-electron chi connectivity index (χ4n) is 2.59. The molecule has 1 amide bonds. The van der Waals surface area contributed by atoms with E-state index in [4.69, 9.17) is 25.3 Å². The van der Waals surface area contributed by atoms with Crippen LogP contribution in [0.4, 0.5) is 0 Å². The molecule has 0 saturated carbocycles. The average Bonchev–Trinajstić information content (AvgIpc) is 2.81. The van der Waals surface area contributed by atoms with Crippen LogP contribution in [0.3, 0.4) is 0 Å². The summed E-state index contributed by atoms with van der Waals surface area (Å²) < 4.78 is 41.1. The predicted molar refractivity (Wildman–Crippen MR) is 125 cm³/mol. The average molecular weight is 489 g/mol. The van der Waals surface area contributed by atoms with Crippen molar-refractivity contribution in [1.29, 1.82) is 0 Å². The monoisotopic (exact) mass is 488 g/mol. The first-order chi connectivity index (χ1) is 15.9. The molecule has 8 nitrogen and oxygen atoms in total. The molecule has 0 radical (unpaired) electrons. The molecular formula is C23H21ClN2O6S. The highest BCUT2D eigenvalue weighted by Gasteiger charge is 2.19. The van der Waals surface area contributed by atoms with Crippen molar-refractivity contribution in [2.45, 2.75) is 11.8 Å². The van der Waals surface area contributed by atoms with Crippen LogP contribution in [0, 0.1) is 0 Å². The van der Waals surface area contributed by atoms with Crippen molar-refractivity contribution in [2.75, 3.05) is 13.2 Å². The van der Waals surface area contributed by atoms with Crippen molar-refractivity contribution in [3.05, 3.63) is 83.4 Å². The smallest absolute Gasteiger partial charge is 0.339 e. The lowest BCUT2D eigenvalue weighted by atomic mass is 10.2. The third-order valence-electron chi connectivity index (χ3n) is 4.09. The minimum absolute atomic E-state index is 0.0293. The molecule has 3 aromatic rings. The van der Waals surface area contributed by atoms with E-state index in [2.05, 4.69) is 10.5 Å². The van der Waals surface area contributed by atoms with Crippen LogP contribution in [0.25, 0.3) is 0 Å². The van der Waals surface area contributed by atoms with Crippen LogP contribution in [0.15, 0.2) is 82.8 Å². The van der Waals surface area contributed by atoms with Gasteiger partial charge in [-0.25, -0.2) is 5.43 Å². The molecule has 0 aliphatic heterocycles. The zero-order chi connectivity index (χ0) is 23.7. The fraction of sp³-hybridized carbons (Fsp3) is 0.130. The third kappa shape index (κ3) is 7.23. The van der Waals surface area contributed by atoms with E-state index < -0.39 is 16.0 Å². The van der Waals surface area contributed by atoms with Gasteiger partial charge >= 0.3 is 10.1 Å². The lowest BCUT2D eigenvalue weighted by molar-refractivity contribution is -0.123. The van der Waals surface area contributed by atoms with Crippen LogP contribution in [0.5, 0.6) is 17.2 Å². The molecule has 0 saturated heterocycles. The molecule has 3 rings (SSSR count). The number of nitrogens with zero attached hydrogens (tertiary/aromatic N) is 1. The Kier molecular flexibility index (Phi) is 8.28. The van der Waals surface area contributed by atoms with Crippen molar-refractivity contribution in [3.8, 4) is 17.2 Å². The highest BCUT2D eigenvalue weighted by atomic mass is 35.5. The summed E-state index contributed by atoms with van der Waals surface area (Å²) in [5, 5.41) is 4.45. The van der Waals surface area contributed by atoms with E-state index >= 15 is 0 Å². The number of hydrazone groups is 1. The topological polar surface area (TPSA) is 103 Å². The zero-order valence-electron chi connectivity index (χ0n) is 17.6. The van der Waals surface area contributed by atoms with E-state index in [1.54, 1.807) is 61.5 Å². The Bertz CT molecular complexity index is 1220. The van der Waals surface area contributed by atoms with Crippen LogP contribution in [0.1, 0.15) is 12.5 Å². The van der Waals surface area contributed by atoms with Crippen molar-refractivity contribution in [2.24, 2.45) is 5.10 Å². The van der Waals surface area contributed by atoms with Crippen molar-refractivity contribution >= 4 is 33.8 Å². The highest BCUT2D eigenvalue weighted by molar-refractivity contribution is 7.87. The molecule has 10 heteroatoms. The summed E-state index contributed by atoms with van der Waals surface area (Å²) in [7, 11) is -4.02. The Morgan fingerprint density at radius 1 is 1.00 bits per heavy atom. The Balaban J connectivity index is 1.62. The van der Waals surface area contributed by atoms with E-state index in [0.717, 1.165) is 0 Å². The predicted octanol–water partition coefficient (Wildman–Crippen LogP) is 4.04. The molecule has 0 aromatic heterocycles. The molecule has 1 N–H and O–H groups in total. The number of amides is 1. The van der Waals surface area contributed by atoms with E-state index in [1.807, 2.05) is 0 Å². The number of benzene rings is 3. The highest BCUT2D eigenvalue weighted by Crippen LogP contribution is 2.30. The first-order valence-corrected chi connectivity index (χ1v) is 11.6. The Labute approximate surface area is 196 Å². The quantitative estimate of drug-likeness (QED) is 0.262. The summed E-state index contributed by atoms with van der Waals surface area (Å²) >= 11 is 5.80. The SMILES string of the molecule is CCOc1cc(/C=N\NC(=O)COc2ccc(Cl)cc2)ccc1OS(=O)(=O)c1ccccc1. The van der Waals surface area contributed by atoms with Gasteiger partial charge in [0.2, 0.25) is 0 Å². The molecule has 0 unspecified atom stereocenters. The van der Waals surface area contributed by atoms with Crippen LogP contribution < -0.4 is 19.1 Å². The van der Waals surface area contributed by atoms with Gasteiger partial charge in [0.15, 0.2) is 18.1 Å². The van der Waals surface area contributed by atoms with Gasteiger partial charge in [0.25, 0.3) is 5.91 Å². The molecule has 0 bridgehead atoms.